The molecule has 3 heteroatoms. The Hall–Kier alpha value is -1.61. The molecular formula is C13H16O3. The van der Waals surface area contributed by atoms with Gasteiger partial charge in [0.15, 0.2) is 6.10 Å². The van der Waals surface area contributed by atoms with Gasteiger partial charge < -0.3 is 9.84 Å². The summed E-state index contributed by atoms with van der Waals surface area (Å²) in [5.41, 5.74) is 2.00. The molecule has 0 aliphatic heterocycles. The zero-order valence-electron chi connectivity index (χ0n) is 9.51. The highest BCUT2D eigenvalue weighted by atomic mass is 16.5. The summed E-state index contributed by atoms with van der Waals surface area (Å²) in [6.07, 6.45) is 3.14. The second-order valence-electron chi connectivity index (χ2n) is 3.48. The minimum Gasteiger partial charge on any atom is -0.467 e. The van der Waals surface area contributed by atoms with E-state index in [4.69, 9.17) is 0 Å². The maximum atomic E-state index is 11.0. The van der Waals surface area contributed by atoms with Crippen LogP contribution in [0.3, 0.4) is 0 Å². The maximum Gasteiger partial charge on any atom is 0.335 e. The number of aliphatic hydroxyl groups excluding tert-OH is 1. The number of allylic oxidation sites excluding steroid dienone is 1. The number of hydrogen-bond donors (Lipinski definition) is 1. The molecule has 3 nitrogen and oxygen atoms in total. The summed E-state index contributed by atoms with van der Waals surface area (Å²) in [7, 11) is 1.26. The molecule has 0 radical (unpaired) electrons. The van der Waals surface area contributed by atoms with Crippen LogP contribution in [0.25, 0.3) is 6.08 Å². The quantitative estimate of drug-likeness (QED) is 0.787. The fraction of sp³-hybridized carbons (Fsp3) is 0.308. The van der Waals surface area contributed by atoms with Gasteiger partial charge in [0.2, 0.25) is 0 Å². The summed E-state index contributed by atoms with van der Waals surface area (Å²) in [5.74, 6) is -0.600. The van der Waals surface area contributed by atoms with E-state index in [1.54, 1.807) is 0 Å². The second kappa shape index (κ2) is 6.08. The molecule has 0 aromatic heterocycles. The summed E-state index contributed by atoms with van der Waals surface area (Å²) in [4.78, 5) is 11.0. The first-order valence-electron chi connectivity index (χ1n) is 5.15. The Morgan fingerprint density at radius 1 is 1.44 bits per heavy atom. The summed E-state index contributed by atoms with van der Waals surface area (Å²) >= 11 is 0. The predicted molar refractivity (Wildman–Crippen MR) is 62.9 cm³/mol. The molecule has 0 aliphatic carbocycles. The van der Waals surface area contributed by atoms with Crippen LogP contribution in [0.1, 0.15) is 18.1 Å². The number of esters is 1. The predicted octanol–water partition coefficient (Wildman–Crippen LogP) is 1.80. The second-order valence-corrected chi connectivity index (χ2v) is 3.48. The lowest BCUT2D eigenvalue weighted by molar-refractivity contribution is -0.150. The molecule has 0 spiro atoms. The molecule has 1 N–H and O–H groups in total. The molecule has 1 aromatic carbocycles. The minimum absolute atomic E-state index is 0.281. The number of rotatable bonds is 4. The molecule has 0 aliphatic rings. The van der Waals surface area contributed by atoms with Crippen molar-refractivity contribution in [1.29, 1.82) is 0 Å². The molecular weight excluding hydrogens is 204 g/mol. The Kier molecular flexibility index (Phi) is 4.73. The molecule has 0 heterocycles. The van der Waals surface area contributed by atoms with E-state index < -0.39 is 12.1 Å². The van der Waals surface area contributed by atoms with Crippen molar-refractivity contribution >= 4 is 12.0 Å². The van der Waals surface area contributed by atoms with Crippen molar-refractivity contribution in [2.75, 3.05) is 7.11 Å². The first-order chi connectivity index (χ1) is 7.67. The first-order valence-corrected chi connectivity index (χ1v) is 5.15. The van der Waals surface area contributed by atoms with Crippen molar-refractivity contribution < 1.29 is 14.6 Å². The molecule has 0 saturated heterocycles. The van der Waals surface area contributed by atoms with Crippen LogP contribution in [0.2, 0.25) is 0 Å². The van der Waals surface area contributed by atoms with E-state index in [0.717, 1.165) is 11.1 Å². The lowest BCUT2D eigenvalue weighted by Crippen LogP contribution is -2.24. The molecule has 1 rings (SSSR count). The van der Waals surface area contributed by atoms with Crippen LogP contribution in [-0.4, -0.2) is 24.3 Å². The molecule has 1 unspecified atom stereocenters. The Balaban J connectivity index is 2.65. The van der Waals surface area contributed by atoms with Crippen molar-refractivity contribution in [3.63, 3.8) is 0 Å². The smallest absolute Gasteiger partial charge is 0.335 e. The average Bonchev–Trinajstić information content (AvgIpc) is 2.31. The van der Waals surface area contributed by atoms with Gasteiger partial charge in [-0.3, -0.25) is 0 Å². The normalized spacial score (nSPS) is 12.7. The van der Waals surface area contributed by atoms with Crippen molar-refractivity contribution in [1.82, 2.24) is 0 Å². The lowest BCUT2D eigenvalue weighted by atomic mass is 10.1. The maximum absolute atomic E-state index is 11.0. The average molecular weight is 220 g/mol. The first kappa shape index (κ1) is 12.5. The van der Waals surface area contributed by atoms with Crippen LogP contribution >= 0.6 is 0 Å². The third-order valence-corrected chi connectivity index (χ3v) is 2.24. The van der Waals surface area contributed by atoms with Crippen molar-refractivity contribution in [2.24, 2.45) is 0 Å². The Morgan fingerprint density at radius 3 is 2.56 bits per heavy atom. The van der Waals surface area contributed by atoms with E-state index in [-0.39, 0.29) is 6.42 Å². The van der Waals surface area contributed by atoms with Gasteiger partial charge in [-0.05, 0) is 18.1 Å². The topological polar surface area (TPSA) is 46.5 Å². The third kappa shape index (κ3) is 3.51. The van der Waals surface area contributed by atoms with E-state index in [1.165, 1.54) is 7.11 Å². The number of methoxy groups -OCH3 is 1. The number of hydrogen-bond acceptors (Lipinski definition) is 3. The van der Waals surface area contributed by atoms with Crippen LogP contribution in [-0.2, 0) is 16.0 Å². The Bertz CT molecular complexity index is 365. The fourth-order valence-corrected chi connectivity index (χ4v) is 1.40. The fourth-order valence-electron chi connectivity index (χ4n) is 1.40. The van der Waals surface area contributed by atoms with E-state index in [1.807, 2.05) is 43.3 Å². The molecule has 86 valence electrons. The van der Waals surface area contributed by atoms with E-state index >= 15 is 0 Å². The van der Waals surface area contributed by atoms with Gasteiger partial charge in [0.05, 0.1) is 7.11 Å². The molecule has 1 atom stereocenters. The summed E-state index contributed by atoms with van der Waals surface area (Å²) in [6.45, 7) is 1.95. The number of aliphatic hydroxyl groups is 1. The SMILES string of the molecule is C/C=C/c1ccc(CC(O)C(=O)OC)cc1. The van der Waals surface area contributed by atoms with Gasteiger partial charge in [0.1, 0.15) is 0 Å². The van der Waals surface area contributed by atoms with Gasteiger partial charge in [-0.2, -0.15) is 0 Å². The van der Waals surface area contributed by atoms with E-state index in [2.05, 4.69) is 4.74 Å². The minimum atomic E-state index is -1.09. The van der Waals surface area contributed by atoms with Crippen LogP contribution in [0, 0.1) is 0 Å². The zero-order chi connectivity index (χ0) is 12.0. The van der Waals surface area contributed by atoms with Crippen molar-refractivity contribution in [2.45, 2.75) is 19.4 Å². The summed E-state index contributed by atoms with van der Waals surface area (Å²) < 4.78 is 4.45. The van der Waals surface area contributed by atoms with Gasteiger partial charge in [-0.15, -0.1) is 0 Å². The van der Waals surface area contributed by atoms with Gasteiger partial charge >= 0.3 is 5.97 Å². The van der Waals surface area contributed by atoms with E-state index in [0.29, 0.717) is 0 Å². The number of carbonyl (C=O) groups excluding carboxylic acids is 1. The number of carbonyl (C=O) groups is 1. The van der Waals surface area contributed by atoms with Gasteiger partial charge in [0, 0.05) is 6.42 Å². The van der Waals surface area contributed by atoms with Crippen molar-refractivity contribution in [3.05, 3.63) is 41.5 Å². The molecule has 0 fully saturated rings. The zero-order valence-corrected chi connectivity index (χ0v) is 9.51. The van der Waals surface area contributed by atoms with Crippen LogP contribution < -0.4 is 0 Å². The van der Waals surface area contributed by atoms with Crippen LogP contribution in [0.4, 0.5) is 0 Å². The van der Waals surface area contributed by atoms with Gasteiger partial charge in [-0.1, -0.05) is 36.4 Å². The van der Waals surface area contributed by atoms with Gasteiger partial charge in [0.25, 0.3) is 0 Å². The molecule has 0 saturated carbocycles. The Morgan fingerprint density at radius 2 is 2.06 bits per heavy atom. The lowest BCUT2D eigenvalue weighted by Gasteiger charge is -2.08. The standard InChI is InChI=1S/C13H16O3/c1-3-4-10-5-7-11(8-6-10)9-12(14)13(15)16-2/h3-8,12,14H,9H2,1-2H3/b4-3+. The van der Waals surface area contributed by atoms with Crippen LogP contribution in [0.5, 0.6) is 0 Å². The largest absolute Gasteiger partial charge is 0.467 e. The molecule has 1 aromatic rings. The highest BCUT2D eigenvalue weighted by Gasteiger charge is 2.15. The number of ether oxygens (including phenoxy) is 1. The van der Waals surface area contributed by atoms with Crippen LogP contribution in [0.15, 0.2) is 30.3 Å². The van der Waals surface area contributed by atoms with Crippen molar-refractivity contribution in [3.8, 4) is 0 Å². The summed E-state index contributed by atoms with van der Waals surface area (Å²) in [6, 6.07) is 7.67. The number of benzene rings is 1. The molecule has 0 bridgehead atoms. The molecule has 16 heavy (non-hydrogen) atoms. The Labute approximate surface area is 95.4 Å². The monoisotopic (exact) mass is 220 g/mol. The third-order valence-electron chi connectivity index (χ3n) is 2.24. The highest BCUT2D eigenvalue weighted by Crippen LogP contribution is 2.09. The van der Waals surface area contributed by atoms with Gasteiger partial charge in [-0.25, -0.2) is 4.79 Å². The molecule has 0 amide bonds. The summed E-state index contributed by atoms with van der Waals surface area (Å²) in [5, 5.41) is 9.46. The highest BCUT2D eigenvalue weighted by molar-refractivity contribution is 5.74. The van der Waals surface area contributed by atoms with E-state index in [9.17, 15) is 9.90 Å².